The van der Waals surface area contributed by atoms with E-state index in [0.29, 0.717) is 11.6 Å². The van der Waals surface area contributed by atoms with Crippen LogP contribution >= 0.6 is 0 Å². The van der Waals surface area contributed by atoms with Crippen LogP contribution in [0.2, 0.25) is 0 Å². The largest absolute Gasteiger partial charge is 0.469 e. The summed E-state index contributed by atoms with van der Waals surface area (Å²) in [6, 6.07) is 8.11. The van der Waals surface area contributed by atoms with E-state index in [0.717, 1.165) is 44.5 Å². The Morgan fingerprint density at radius 3 is 2.76 bits per heavy atom. The Hall–Kier alpha value is -1.26. The van der Waals surface area contributed by atoms with Crippen molar-refractivity contribution in [2.45, 2.75) is 18.8 Å². The zero-order valence-corrected chi connectivity index (χ0v) is 9.56. The summed E-state index contributed by atoms with van der Waals surface area (Å²) in [5.74, 6) is 0.588. The molecule has 17 heavy (non-hydrogen) atoms. The second-order valence-corrected chi connectivity index (χ2v) is 4.46. The van der Waals surface area contributed by atoms with E-state index in [2.05, 4.69) is 12.1 Å². The predicted octanol–water partition coefficient (Wildman–Crippen LogP) is 1.56. The number of hydrogen-bond acceptors (Lipinski definition) is 3. The SMILES string of the molecule is O[B]c1cc2cc(C3CCOCC3)ccc2o1. The second kappa shape index (κ2) is 4.55. The highest BCUT2D eigenvalue weighted by Gasteiger charge is 2.16. The lowest BCUT2D eigenvalue weighted by molar-refractivity contribution is 0.0853. The number of fused-ring (bicyclic) bond motifs is 1. The summed E-state index contributed by atoms with van der Waals surface area (Å²) in [6.45, 7) is 1.70. The smallest absolute Gasteiger partial charge is 0.373 e. The summed E-state index contributed by atoms with van der Waals surface area (Å²) in [5.41, 5.74) is 2.66. The number of furan rings is 1. The molecule has 4 heteroatoms. The Morgan fingerprint density at radius 2 is 2.00 bits per heavy atom. The molecular formula is C13H14BO3. The minimum Gasteiger partial charge on any atom is -0.469 e. The van der Waals surface area contributed by atoms with Gasteiger partial charge in [-0.25, -0.2) is 0 Å². The van der Waals surface area contributed by atoms with Crippen LogP contribution in [0.5, 0.6) is 0 Å². The van der Waals surface area contributed by atoms with Crippen LogP contribution in [-0.4, -0.2) is 25.7 Å². The lowest BCUT2D eigenvalue weighted by atomic mass is 9.91. The highest BCUT2D eigenvalue weighted by atomic mass is 16.5. The van der Waals surface area contributed by atoms with E-state index in [1.807, 2.05) is 12.1 Å². The lowest BCUT2D eigenvalue weighted by Crippen LogP contribution is -2.13. The molecule has 1 aliphatic rings. The summed E-state index contributed by atoms with van der Waals surface area (Å²) >= 11 is 0. The van der Waals surface area contributed by atoms with E-state index < -0.39 is 0 Å². The Bertz CT molecular complexity index is 514. The predicted molar refractivity (Wildman–Crippen MR) is 66.6 cm³/mol. The fourth-order valence-corrected chi connectivity index (χ4v) is 2.43. The fraction of sp³-hybridized carbons (Fsp3) is 0.385. The summed E-state index contributed by atoms with van der Waals surface area (Å²) < 4.78 is 10.8. The molecule has 2 heterocycles. The van der Waals surface area contributed by atoms with Crippen molar-refractivity contribution in [3.63, 3.8) is 0 Å². The van der Waals surface area contributed by atoms with Crippen LogP contribution in [0.25, 0.3) is 11.0 Å². The van der Waals surface area contributed by atoms with Gasteiger partial charge in [0.05, 0.1) is 5.66 Å². The molecular weight excluding hydrogens is 215 g/mol. The highest BCUT2D eigenvalue weighted by molar-refractivity contribution is 6.44. The van der Waals surface area contributed by atoms with E-state index in [1.54, 1.807) is 0 Å². The Morgan fingerprint density at radius 1 is 1.18 bits per heavy atom. The summed E-state index contributed by atoms with van der Waals surface area (Å²) in [5, 5.41) is 9.97. The number of rotatable bonds is 2. The average molecular weight is 229 g/mol. The first-order valence-corrected chi connectivity index (χ1v) is 5.95. The normalized spacial score (nSPS) is 17.5. The van der Waals surface area contributed by atoms with Crippen LogP contribution in [0.1, 0.15) is 24.3 Å². The van der Waals surface area contributed by atoms with Gasteiger partial charge in [-0.15, -0.1) is 0 Å². The molecule has 1 aliphatic heterocycles. The maximum atomic E-state index is 8.92. The fourth-order valence-electron chi connectivity index (χ4n) is 2.43. The van der Waals surface area contributed by atoms with Gasteiger partial charge in [0.2, 0.25) is 0 Å². The maximum absolute atomic E-state index is 8.92. The van der Waals surface area contributed by atoms with Gasteiger partial charge in [-0.05, 0) is 42.5 Å². The summed E-state index contributed by atoms with van der Waals surface area (Å²) in [4.78, 5) is 0. The lowest BCUT2D eigenvalue weighted by Gasteiger charge is -2.22. The zero-order chi connectivity index (χ0) is 11.7. The van der Waals surface area contributed by atoms with Crippen molar-refractivity contribution < 1.29 is 14.2 Å². The van der Waals surface area contributed by atoms with Crippen molar-refractivity contribution in [3.05, 3.63) is 29.8 Å². The third kappa shape index (κ3) is 2.10. The first kappa shape index (κ1) is 10.9. The standard InChI is InChI=1S/C13H14BO3/c15-14-13-8-11-7-10(1-2-12(11)17-13)9-3-5-16-6-4-9/h1-2,7-9,15H,3-6H2. The third-order valence-electron chi connectivity index (χ3n) is 3.38. The molecule has 1 N–H and O–H groups in total. The molecule has 0 saturated carbocycles. The average Bonchev–Trinajstić information content (AvgIpc) is 2.81. The molecule has 1 aromatic heterocycles. The molecule has 87 valence electrons. The van der Waals surface area contributed by atoms with Crippen molar-refractivity contribution in [1.82, 2.24) is 0 Å². The highest BCUT2D eigenvalue weighted by Crippen LogP contribution is 2.29. The summed E-state index contributed by atoms with van der Waals surface area (Å²) in [6.07, 6.45) is 2.17. The van der Waals surface area contributed by atoms with Gasteiger partial charge < -0.3 is 14.2 Å². The van der Waals surface area contributed by atoms with Crippen molar-refractivity contribution in [3.8, 4) is 0 Å². The van der Waals surface area contributed by atoms with Crippen molar-refractivity contribution in [2.24, 2.45) is 0 Å². The van der Waals surface area contributed by atoms with E-state index in [-0.39, 0.29) is 0 Å². The van der Waals surface area contributed by atoms with Gasteiger partial charge in [0, 0.05) is 18.6 Å². The van der Waals surface area contributed by atoms with Gasteiger partial charge in [-0.1, -0.05) is 6.07 Å². The molecule has 2 aromatic rings. The molecule has 1 aromatic carbocycles. The van der Waals surface area contributed by atoms with Gasteiger partial charge in [0.15, 0.2) is 0 Å². The molecule has 0 bridgehead atoms. The van der Waals surface area contributed by atoms with Crippen molar-refractivity contribution in [2.75, 3.05) is 13.2 Å². The molecule has 0 amide bonds. The van der Waals surface area contributed by atoms with Crippen LogP contribution < -0.4 is 5.66 Å². The van der Waals surface area contributed by atoms with Gasteiger partial charge in [0.1, 0.15) is 5.58 Å². The van der Waals surface area contributed by atoms with Gasteiger partial charge in [0.25, 0.3) is 0 Å². The molecule has 0 atom stereocenters. The van der Waals surface area contributed by atoms with Crippen LogP contribution in [-0.2, 0) is 4.74 Å². The number of ether oxygens (including phenoxy) is 1. The molecule has 3 nitrogen and oxygen atoms in total. The maximum Gasteiger partial charge on any atom is 0.373 e. The van der Waals surface area contributed by atoms with E-state index >= 15 is 0 Å². The van der Waals surface area contributed by atoms with Crippen LogP contribution in [0, 0.1) is 0 Å². The van der Waals surface area contributed by atoms with Crippen molar-refractivity contribution >= 4 is 24.1 Å². The molecule has 1 fully saturated rings. The molecule has 0 spiro atoms. The Kier molecular flexibility index (Phi) is 2.91. The minimum atomic E-state index is 0.504. The van der Waals surface area contributed by atoms with Crippen molar-refractivity contribution in [1.29, 1.82) is 0 Å². The van der Waals surface area contributed by atoms with Gasteiger partial charge in [-0.3, -0.25) is 0 Å². The Balaban J connectivity index is 1.94. The molecule has 3 rings (SSSR count). The van der Waals surface area contributed by atoms with E-state index in [9.17, 15) is 0 Å². The van der Waals surface area contributed by atoms with Gasteiger partial charge in [-0.2, -0.15) is 0 Å². The first-order valence-electron chi connectivity index (χ1n) is 5.95. The van der Waals surface area contributed by atoms with Crippen LogP contribution in [0.4, 0.5) is 0 Å². The van der Waals surface area contributed by atoms with Crippen LogP contribution in [0.3, 0.4) is 0 Å². The van der Waals surface area contributed by atoms with Gasteiger partial charge >= 0.3 is 7.48 Å². The summed E-state index contributed by atoms with van der Waals surface area (Å²) in [7, 11) is 0.994. The zero-order valence-electron chi connectivity index (χ0n) is 9.56. The number of hydrogen-bond donors (Lipinski definition) is 1. The van der Waals surface area contributed by atoms with E-state index in [4.69, 9.17) is 14.2 Å². The van der Waals surface area contributed by atoms with Crippen LogP contribution in [0.15, 0.2) is 28.7 Å². The number of benzene rings is 1. The van der Waals surface area contributed by atoms with E-state index in [1.165, 1.54) is 5.56 Å². The molecule has 1 radical (unpaired) electrons. The Labute approximate surface area is 101 Å². The molecule has 0 unspecified atom stereocenters. The topological polar surface area (TPSA) is 42.6 Å². The first-order chi connectivity index (χ1) is 8.36. The quantitative estimate of drug-likeness (QED) is 0.794. The minimum absolute atomic E-state index is 0.504. The third-order valence-corrected chi connectivity index (χ3v) is 3.38. The second-order valence-electron chi connectivity index (χ2n) is 4.46. The molecule has 0 aliphatic carbocycles. The monoisotopic (exact) mass is 229 g/mol. The molecule has 1 saturated heterocycles.